The molecule has 3 N–H and O–H groups in total. The first-order valence-corrected chi connectivity index (χ1v) is 7.37. The van der Waals surface area contributed by atoms with Gasteiger partial charge in [0.1, 0.15) is 0 Å². The molecule has 0 amide bonds. The van der Waals surface area contributed by atoms with Gasteiger partial charge in [-0.2, -0.15) is 0 Å². The molecule has 1 aliphatic heterocycles. The van der Waals surface area contributed by atoms with E-state index >= 15 is 0 Å². The van der Waals surface area contributed by atoms with Crippen molar-refractivity contribution in [2.75, 3.05) is 26.3 Å². The Kier molecular flexibility index (Phi) is 5.42. The van der Waals surface area contributed by atoms with E-state index in [-0.39, 0.29) is 6.10 Å². The van der Waals surface area contributed by atoms with Crippen LogP contribution in [0.1, 0.15) is 44.9 Å². The molecule has 4 heteroatoms. The van der Waals surface area contributed by atoms with Crippen LogP contribution in [0.25, 0.3) is 0 Å². The Morgan fingerprint density at radius 1 is 1.22 bits per heavy atom. The fraction of sp³-hybridized carbons (Fsp3) is 1.00. The minimum absolute atomic E-state index is 0.267. The second-order valence-corrected chi connectivity index (χ2v) is 6.01. The maximum atomic E-state index is 10.2. The van der Waals surface area contributed by atoms with Crippen LogP contribution in [0, 0.1) is 5.92 Å². The highest BCUT2D eigenvalue weighted by molar-refractivity contribution is 4.84. The summed E-state index contributed by atoms with van der Waals surface area (Å²) in [6, 6.07) is 0. The first-order valence-electron chi connectivity index (χ1n) is 7.37. The van der Waals surface area contributed by atoms with Gasteiger partial charge in [0.25, 0.3) is 0 Å². The highest BCUT2D eigenvalue weighted by Crippen LogP contribution is 2.28. The summed E-state index contributed by atoms with van der Waals surface area (Å²) in [7, 11) is 0. The summed E-state index contributed by atoms with van der Waals surface area (Å²) in [5.74, 6) is 0.716. The highest BCUT2D eigenvalue weighted by Gasteiger charge is 2.29. The number of aliphatic hydroxyl groups excluding tert-OH is 1. The predicted molar refractivity (Wildman–Crippen MR) is 70.5 cm³/mol. The highest BCUT2D eigenvalue weighted by atomic mass is 16.5. The number of rotatable bonds is 6. The molecule has 0 aromatic rings. The van der Waals surface area contributed by atoms with Gasteiger partial charge in [0, 0.05) is 39.1 Å². The summed E-state index contributed by atoms with van der Waals surface area (Å²) in [6.07, 6.45) is 7.23. The van der Waals surface area contributed by atoms with Crippen molar-refractivity contribution in [1.82, 2.24) is 5.32 Å². The number of hydrogen-bond acceptors (Lipinski definition) is 4. The molecular formula is C14H27NO3. The Labute approximate surface area is 110 Å². The van der Waals surface area contributed by atoms with Crippen molar-refractivity contribution in [2.45, 2.75) is 56.7 Å². The number of nitrogens with one attached hydrogen (secondary N) is 1. The van der Waals surface area contributed by atoms with E-state index < -0.39 is 5.60 Å². The molecule has 1 unspecified atom stereocenters. The third-order valence-corrected chi connectivity index (χ3v) is 4.34. The van der Waals surface area contributed by atoms with Crippen molar-refractivity contribution in [3.63, 3.8) is 0 Å². The normalized spacial score (nSPS) is 26.3. The standard InChI is InChI=1S/C14H27NO3/c16-13(9-12-3-1-2-4-12)10-15-11-14(17)5-7-18-8-6-14/h12-13,15-17H,1-11H2. The fourth-order valence-electron chi connectivity index (χ4n) is 3.11. The number of aliphatic hydroxyl groups is 2. The minimum atomic E-state index is -0.634. The van der Waals surface area contributed by atoms with Gasteiger partial charge in [-0.3, -0.25) is 0 Å². The van der Waals surface area contributed by atoms with Gasteiger partial charge in [-0.25, -0.2) is 0 Å². The van der Waals surface area contributed by atoms with Gasteiger partial charge in [0.05, 0.1) is 11.7 Å². The van der Waals surface area contributed by atoms with Gasteiger partial charge in [0.15, 0.2) is 0 Å². The lowest BCUT2D eigenvalue weighted by atomic mass is 9.94. The van der Waals surface area contributed by atoms with Crippen LogP contribution in [0.4, 0.5) is 0 Å². The third kappa shape index (κ3) is 4.50. The fourth-order valence-corrected chi connectivity index (χ4v) is 3.11. The number of hydrogen-bond donors (Lipinski definition) is 3. The van der Waals surface area contributed by atoms with Gasteiger partial charge < -0.3 is 20.3 Å². The van der Waals surface area contributed by atoms with E-state index in [1.165, 1.54) is 25.7 Å². The summed E-state index contributed by atoms with van der Waals surface area (Å²) in [5, 5.41) is 23.4. The lowest BCUT2D eigenvalue weighted by molar-refractivity contribution is -0.0624. The Balaban J connectivity index is 1.58. The maximum absolute atomic E-state index is 10.2. The minimum Gasteiger partial charge on any atom is -0.392 e. The predicted octanol–water partition coefficient (Wildman–Crippen LogP) is 1.06. The molecule has 0 aromatic heterocycles. The van der Waals surface area contributed by atoms with E-state index in [1.54, 1.807) is 0 Å². The first kappa shape index (κ1) is 14.3. The number of ether oxygens (including phenoxy) is 1. The van der Waals surface area contributed by atoms with Crippen LogP contribution in [0.2, 0.25) is 0 Å². The maximum Gasteiger partial charge on any atom is 0.0815 e. The largest absolute Gasteiger partial charge is 0.392 e. The smallest absolute Gasteiger partial charge is 0.0815 e. The van der Waals surface area contributed by atoms with Crippen molar-refractivity contribution < 1.29 is 14.9 Å². The lowest BCUT2D eigenvalue weighted by Gasteiger charge is -2.32. The van der Waals surface area contributed by atoms with Crippen LogP contribution >= 0.6 is 0 Å². The van der Waals surface area contributed by atoms with Crippen molar-refractivity contribution in [3.8, 4) is 0 Å². The molecule has 0 bridgehead atoms. The van der Waals surface area contributed by atoms with E-state index in [9.17, 15) is 10.2 Å². The summed E-state index contributed by atoms with van der Waals surface area (Å²) >= 11 is 0. The first-order chi connectivity index (χ1) is 8.68. The zero-order valence-corrected chi connectivity index (χ0v) is 11.2. The summed E-state index contributed by atoms with van der Waals surface area (Å²) in [5.41, 5.74) is -0.634. The van der Waals surface area contributed by atoms with Gasteiger partial charge in [-0.1, -0.05) is 25.7 Å². The van der Waals surface area contributed by atoms with E-state index in [2.05, 4.69) is 5.32 Å². The molecule has 2 rings (SSSR count). The van der Waals surface area contributed by atoms with Crippen LogP contribution in [0.15, 0.2) is 0 Å². The van der Waals surface area contributed by atoms with Crippen LogP contribution in [0.3, 0.4) is 0 Å². The average Bonchev–Trinajstić information content (AvgIpc) is 2.82. The summed E-state index contributed by atoms with van der Waals surface area (Å²) in [6.45, 7) is 2.45. The van der Waals surface area contributed by atoms with Crippen molar-refractivity contribution >= 4 is 0 Å². The zero-order chi connectivity index (χ0) is 12.8. The quantitative estimate of drug-likeness (QED) is 0.666. The third-order valence-electron chi connectivity index (χ3n) is 4.34. The van der Waals surface area contributed by atoms with E-state index in [0.717, 1.165) is 6.42 Å². The SMILES string of the molecule is OC(CNCC1(O)CCOCC1)CC1CCCC1. The Bertz CT molecular complexity index is 235. The monoisotopic (exact) mass is 257 g/mol. The Morgan fingerprint density at radius 2 is 1.89 bits per heavy atom. The van der Waals surface area contributed by atoms with Gasteiger partial charge in [-0.15, -0.1) is 0 Å². The van der Waals surface area contributed by atoms with Crippen LogP contribution in [0.5, 0.6) is 0 Å². The molecule has 0 spiro atoms. The molecule has 1 heterocycles. The molecule has 18 heavy (non-hydrogen) atoms. The molecule has 0 radical (unpaired) electrons. The Morgan fingerprint density at radius 3 is 2.56 bits per heavy atom. The van der Waals surface area contributed by atoms with E-state index in [0.29, 0.717) is 45.1 Å². The average molecular weight is 257 g/mol. The second-order valence-electron chi connectivity index (χ2n) is 6.01. The lowest BCUT2D eigenvalue weighted by Crippen LogP contribution is -2.46. The molecular weight excluding hydrogens is 230 g/mol. The van der Waals surface area contributed by atoms with E-state index in [4.69, 9.17) is 4.74 Å². The summed E-state index contributed by atoms with van der Waals surface area (Å²) in [4.78, 5) is 0. The van der Waals surface area contributed by atoms with Gasteiger partial charge in [-0.05, 0) is 12.3 Å². The van der Waals surface area contributed by atoms with Crippen LogP contribution in [-0.4, -0.2) is 48.2 Å². The Hall–Kier alpha value is -0.160. The molecule has 0 aromatic carbocycles. The topological polar surface area (TPSA) is 61.7 Å². The zero-order valence-electron chi connectivity index (χ0n) is 11.2. The molecule has 2 fully saturated rings. The molecule has 1 saturated heterocycles. The van der Waals surface area contributed by atoms with Crippen LogP contribution in [-0.2, 0) is 4.74 Å². The van der Waals surface area contributed by atoms with Crippen molar-refractivity contribution in [3.05, 3.63) is 0 Å². The second kappa shape index (κ2) is 6.85. The van der Waals surface area contributed by atoms with Gasteiger partial charge >= 0.3 is 0 Å². The van der Waals surface area contributed by atoms with Crippen molar-refractivity contribution in [2.24, 2.45) is 5.92 Å². The molecule has 1 aliphatic carbocycles. The molecule has 106 valence electrons. The molecule has 4 nitrogen and oxygen atoms in total. The van der Waals surface area contributed by atoms with E-state index in [1.807, 2.05) is 0 Å². The van der Waals surface area contributed by atoms with Crippen molar-refractivity contribution in [1.29, 1.82) is 0 Å². The molecule has 1 saturated carbocycles. The summed E-state index contributed by atoms with van der Waals surface area (Å²) < 4.78 is 5.24. The van der Waals surface area contributed by atoms with Crippen LogP contribution < -0.4 is 5.32 Å². The molecule has 2 aliphatic rings. The molecule has 1 atom stereocenters. The van der Waals surface area contributed by atoms with Gasteiger partial charge in [0.2, 0.25) is 0 Å².